The molecule has 2 aromatic rings. The van der Waals surface area contributed by atoms with Crippen molar-refractivity contribution in [1.82, 2.24) is 20.2 Å². The molecular formula is C14H16ClN5O2S. The van der Waals surface area contributed by atoms with Crippen LogP contribution in [0.2, 0.25) is 5.02 Å². The highest BCUT2D eigenvalue weighted by Crippen LogP contribution is 2.22. The van der Waals surface area contributed by atoms with Crippen molar-refractivity contribution in [2.45, 2.75) is 25.0 Å². The number of aryl methyl sites for hydroxylation is 1. The van der Waals surface area contributed by atoms with Gasteiger partial charge in [0.15, 0.2) is 0 Å². The van der Waals surface area contributed by atoms with E-state index in [1.54, 1.807) is 6.07 Å². The van der Waals surface area contributed by atoms with Crippen molar-refractivity contribution in [3.63, 3.8) is 0 Å². The van der Waals surface area contributed by atoms with Crippen LogP contribution in [0.5, 0.6) is 0 Å². The average Bonchev–Trinajstić information content (AvgIpc) is 2.52. The summed E-state index contributed by atoms with van der Waals surface area (Å²) in [5, 5.41) is 11.1. The molecule has 1 amide bonds. The number of aromatic nitrogens is 3. The highest BCUT2D eigenvalue weighted by atomic mass is 35.5. The monoisotopic (exact) mass is 353 g/mol. The van der Waals surface area contributed by atoms with Gasteiger partial charge in [-0.2, -0.15) is 4.68 Å². The number of benzene rings is 1. The van der Waals surface area contributed by atoms with E-state index < -0.39 is 5.56 Å². The van der Waals surface area contributed by atoms with Crippen LogP contribution in [0.3, 0.4) is 0 Å². The summed E-state index contributed by atoms with van der Waals surface area (Å²) in [7, 11) is 0. The molecule has 2 rings (SSSR count). The molecule has 1 aromatic heterocycles. The zero-order valence-corrected chi connectivity index (χ0v) is 14.2. The normalized spacial score (nSPS) is 12.0. The number of rotatable bonds is 5. The molecule has 0 aliphatic heterocycles. The summed E-state index contributed by atoms with van der Waals surface area (Å²) < 4.78 is 0.887. The van der Waals surface area contributed by atoms with Crippen LogP contribution in [0.15, 0.2) is 34.2 Å². The Morgan fingerprint density at radius 2 is 2.13 bits per heavy atom. The van der Waals surface area contributed by atoms with E-state index in [-0.39, 0.29) is 28.6 Å². The maximum absolute atomic E-state index is 12.0. The molecule has 0 aliphatic carbocycles. The largest absolute Gasteiger partial charge is 0.349 e. The molecular weight excluding hydrogens is 338 g/mol. The molecule has 1 aromatic carbocycles. The number of nitrogens with two attached hydrogens (primary N) is 1. The second-order valence-corrected chi connectivity index (χ2v) is 6.19. The lowest BCUT2D eigenvalue weighted by Gasteiger charge is -2.15. The lowest BCUT2D eigenvalue weighted by Crippen LogP contribution is -2.33. The van der Waals surface area contributed by atoms with E-state index in [1.165, 1.54) is 6.92 Å². The summed E-state index contributed by atoms with van der Waals surface area (Å²) in [6.45, 7) is 3.36. The van der Waals surface area contributed by atoms with Gasteiger partial charge in [0.05, 0.1) is 11.8 Å². The maximum atomic E-state index is 12.0. The molecule has 0 saturated carbocycles. The lowest BCUT2D eigenvalue weighted by atomic mass is 10.1. The Hall–Kier alpha value is -2.06. The summed E-state index contributed by atoms with van der Waals surface area (Å²) >= 11 is 7.14. The van der Waals surface area contributed by atoms with Crippen LogP contribution in [-0.2, 0) is 4.79 Å². The van der Waals surface area contributed by atoms with E-state index in [1.807, 2.05) is 25.1 Å². The van der Waals surface area contributed by atoms with Gasteiger partial charge >= 0.3 is 0 Å². The van der Waals surface area contributed by atoms with E-state index in [2.05, 4.69) is 15.5 Å². The third kappa shape index (κ3) is 4.23. The summed E-state index contributed by atoms with van der Waals surface area (Å²) in [5.74, 6) is 5.45. The molecule has 3 N–H and O–H groups in total. The number of hydrogen-bond acceptors (Lipinski definition) is 6. The van der Waals surface area contributed by atoms with E-state index in [0.29, 0.717) is 5.02 Å². The number of carbonyl (C=O) groups excluding carboxylic acids is 1. The molecule has 1 heterocycles. The fourth-order valence-electron chi connectivity index (χ4n) is 1.89. The lowest BCUT2D eigenvalue weighted by molar-refractivity contribution is -0.119. The predicted octanol–water partition coefficient (Wildman–Crippen LogP) is 1.28. The van der Waals surface area contributed by atoms with Crippen LogP contribution >= 0.6 is 23.4 Å². The van der Waals surface area contributed by atoms with E-state index in [9.17, 15) is 9.59 Å². The van der Waals surface area contributed by atoms with Gasteiger partial charge in [-0.3, -0.25) is 9.59 Å². The molecule has 0 fully saturated rings. The van der Waals surface area contributed by atoms with Crippen LogP contribution < -0.4 is 16.7 Å². The Bertz CT molecular complexity index is 780. The van der Waals surface area contributed by atoms with Gasteiger partial charge in [-0.25, -0.2) is 0 Å². The Morgan fingerprint density at radius 3 is 2.83 bits per heavy atom. The van der Waals surface area contributed by atoms with Crippen LogP contribution in [0.4, 0.5) is 0 Å². The van der Waals surface area contributed by atoms with Gasteiger partial charge in [-0.15, -0.1) is 10.2 Å². The smallest absolute Gasteiger partial charge is 0.294 e. The summed E-state index contributed by atoms with van der Waals surface area (Å²) in [5.41, 5.74) is 0.597. The minimum absolute atomic E-state index is 0.0587. The van der Waals surface area contributed by atoms with Crippen LogP contribution in [0.1, 0.15) is 24.2 Å². The summed E-state index contributed by atoms with van der Waals surface area (Å²) in [6.07, 6.45) is 0. The molecule has 0 unspecified atom stereocenters. The number of nitrogens with one attached hydrogen (secondary N) is 1. The number of nitrogen functional groups attached to an aromatic ring is 1. The minimum atomic E-state index is -0.438. The molecule has 7 nitrogen and oxygen atoms in total. The number of nitrogens with zero attached hydrogens (tertiary/aromatic N) is 3. The van der Waals surface area contributed by atoms with Crippen molar-refractivity contribution in [1.29, 1.82) is 0 Å². The Balaban J connectivity index is 1.97. The Kier molecular flexibility index (Phi) is 5.62. The van der Waals surface area contributed by atoms with Gasteiger partial charge < -0.3 is 11.2 Å². The Labute approximate surface area is 142 Å². The number of halogens is 1. The van der Waals surface area contributed by atoms with E-state index in [0.717, 1.165) is 22.0 Å². The predicted molar refractivity (Wildman–Crippen MR) is 89.9 cm³/mol. The van der Waals surface area contributed by atoms with Crippen molar-refractivity contribution < 1.29 is 4.79 Å². The van der Waals surface area contributed by atoms with E-state index in [4.69, 9.17) is 17.4 Å². The second kappa shape index (κ2) is 7.47. The zero-order chi connectivity index (χ0) is 17.0. The minimum Gasteiger partial charge on any atom is -0.349 e. The Morgan fingerprint density at radius 1 is 1.43 bits per heavy atom. The van der Waals surface area contributed by atoms with Crippen LogP contribution in [-0.4, -0.2) is 26.5 Å². The van der Waals surface area contributed by atoms with Crippen molar-refractivity contribution in [2.24, 2.45) is 0 Å². The fraction of sp³-hybridized carbons (Fsp3) is 0.286. The first kappa shape index (κ1) is 17.3. The first-order valence-corrected chi connectivity index (χ1v) is 8.14. The first-order valence-electron chi connectivity index (χ1n) is 6.78. The average molecular weight is 354 g/mol. The van der Waals surface area contributed by atoms with Crippen LogP contribution in [0.25, 0.3) is 0 Å². The van der Waals surface area contributed by atoms with Crippen LogP contribution in [0, 0.1) is 6.92 Å². The van der Waals surface area contributed by atoms with Gasteiger partial charge in [0.2, 0.25) is 11.1 Å². The first-order chi connectivity index (χ1) is 10.9. The van der Waals surface area contributed by atoms with E-state index >= 15 is 0 Å². The summed E-state index contributed by atoms with van der Waals surface area (Å²) in [6, 6.07) is 7.06. The van der Waals surface area contributed by atoms with Gasteiger partial charge in [0, 0.05) is 5.02 Å². The number of amides is 1. The molecule has 0 bridgehead atoms. The van der Waals surface area contributed by atoms with Gasteiger partial charge in [0.1, 0.15) is 5.69 Å². The number of carbonyl (C=O) groups is 1. The summed E-state index contributed by atoms with van der Waals surface area (Å²) in [4.78, 5) is 23.7. The van der Waals surface area contributed by atoms with Crippen molar-refractivity contribution in [3.8, 4) is 0 Å². The second-order valence-electron chi connectivity index (χ2n) is 4.84. The third-order valence-corrected chi connectivity index (χ3v) is 4.39. The molecule has 0 radical (unpaired) electrons. The maximum Gasteiger partial charge on any atom is 0.294 e. The highest BCUT2D eigenvalue weighted by molar-refractivity contribution is 7.99. The van der Waals surface area contributed by atoms with Gasteiger partial charge in [0.25, 0.3) is 5.56 Å². The molecule has 1 atom stereocenters. The van der Waals surface area contributed by atoms with Crippen molar-refractivity contribution in [2.75, 3.05) is 11.6 Å². The standard InChI is InChI=1S/C14H16ClN5O2S/c1-8(10-5-3-4-6-11(10)15)17-12(21)7-23-14-19-18-9(2)13(22)20(14)16/h3-6,8H,7,16H2,1-2H3,(H,17,21)/t8-/m0/s1. The zero-order valence-electron chi connectivity index (χ0n) is 12.6. The molecule has 0 aliphatic rings. The number of hydrogen-bond donors (Lipinski definition) is 2. The SMILES string of the molecule is Cc1nnc(SCC(=O)N[C@@H](C)c2ccccc2Cl)n(N)c1=O. The quantitative estimate of drug-likeness (QED) is 0.620. The van der Waals surface area contributed by atoms with Crippen molar-refractivity contribution >= 4 is 29.3 Å². The van der Waals surface area contributed by atoms with Gasteiger partial charge in [-0.1, -0.05) is 41.6 Å². The van der Waals surface area contributed by atoms with Crippen molar-refractivity contribution in [3.05, 3.63) is 50.9 Å². The number of thioether (sulfide) groups is 1. The third-order valence-electron chi connectivity index (χ3n) is 3.10. The molecule has 9 heteroatoms. The molecule has 0 spiro atoms. The molecule has 122 valence electrons. The topological polar surface area (TPSA) is 103 Å². The molecule has 23 heavy (non-hydrogen) atoms. The highest BCUT2D eigenvalue weighted by Gasteiger charge is 2.14. The van der Waals surface area contributed by atoms with Gasteiger partial charge in [-0.05, 0) is 25.5 Å². The fourth-order valence-corrected chi connectivity index (χ4v) is 2.85. The molecule has 0 saturated heterocycles.